The van der Waals surface area contributed by atoms with Crippen LogP contribution in [0, 0.1) is 0 Å². The van der Waals surface area contributed by atoms with E-state index in [1.165, 1.54) is 0 Å². The number of ether oxygens (including phenoxy) is 1. The number of hydrogen-bond donors (Lipinski definition) is 2. The second-order valence-corrected chi connectivity index (χ2v) is 5.34. The summed E-state index contributed by atoms with van der Waals surface area (Å²) in [6.07, 6.45) is 0.939. The van der Waals surface area contributed by atoms with Gasteiger partial charge in [0.1, 0.15) is 5.75 Å². The zero-order valence-corrected chi connectivity index (χ0v) is 12.2. The minimum absolute atomic E-state index is 0.129. The van der Waals surface area contributed by atoms with Gasteiger partial charge in [0.15, 0.2) is 0 Å². The fourth-order valence-corrected chi connectivity index (χ4v) is 1.43. The molecular formula is C15H24N2O2. The van der Waals surface area contributed by atoms with Crippen LogP contribution in [0.4, 0.5) is 0 Å². The zero-order valence-electron chi connectivity index (χ0n) is 12.2. The van der Waals surface area contributed by atoms with Crippen LogP contribution in [0.5, 0.6) is 5.75 Å². The molecule has 0 aromatic heterocycles. The highest BCUT2D eigenvalue weighted by Gasteiger charge is 2.25. The Balaban J connectivity index is 2.77. The van der Waals surface area contributed by atoms with Gasteiger partial charge in [-0.1, -0.05) is 13.0 Å². The van der Waals surface area contributed by atoms with Crippen molar-refractivity contribution in [1.82, 2.24) is 5.32 Å². The van der Waals surface area contributed by atoms with E-state index < -0.39 is 5.54 Å². The van der Waals surface area contributed by atoms with Gasteiger partial charge in [0.05, 0.1) is 6.61 Å². The van der Waals surface area contributed by atoms with Gasteiger partial charge in [-0.25, -0.2) is 0 Å². The van der Waals surface area contributed by atoms with Gasteiger partial charge in [0.2, 0.25) is 0 Å². The molecule has 4 heteroatoms. The lowest BCUT2D eigenvalue weighted by Gasteiger charge is -2.30. The molecule has 3 N–H and O–H groups in total. The first-order valence-corrected chi connectivity index (χ1v) is 6.67. The Bertz CT molecular complexity index is 428. The van der Waals surface area contributed by atoms with Crippen LogP contribution in [-0.4, -0.2) is 24.1 Å². The van der Waals surface area contributed by atoms with E-state index in [1.807, 2.05) is 39.8 Å². The van der Waals surface area contributed by atoms with Crippen LogP contribution in [0.2, 0.25) is 0 Å². The molecule has 0 bridgehead atoms. The molecule has 0 saturated carbocycles. The highest BCUT2D eigenvalue weighted by atomic mass is 16.5. The molecule has 1 aromatic carbocycles. The van der Waals surface area contributed by atoms with Gasteiger partial charge in [0.25, 0.3) is 5.91 Å². The SMILES string of the molecule is CCCOc1cccc(C(=O)NC(C)(C)C(C)N)c1. The average molecular weight is 264 g/mol. The summed E-state index contributed by atoms with van der Waals surface area (Å²) in [6.45, 7) is 8.39. The molecule has 1 amide bonds. The summed E-state index contributed by atoms with van der Waals surface area (Å²) in [7, 11) is 0. The van der Waals surface area contributed by atoms with E-state index in [9.17, 15) is 4.79 Å². The number of carbonyl (C=O) groups is 1. The molecule has 1 unspecified atom stereocenters. The van der Waals surface area contributed by atoms with Crippen molar-refractivity contribution in [3.63, 3.8) is 0 Å². The molecule has 1 aromatic rings. The van der Waals surface area contributed by atoms with Gasteiger partial charge in [-0.05, 0) is 45.4 Å². The van der Waals surface area contributed by atoms with Crippen LogP contribution in [0.15, 0.2) is 24.3 Å². The molecule has 106 valence electrons. The molecule has 1 atom stereocenters. The van der Waals surface area contributed by atoms with E-state index in [1.54, 1.807) is 12.1 Å². The molecule has 0 aliphatic rings. The first kappa shape index (κ1) is 15.5. The normalized spacial score (nSPS) is 12.9. The third kappa shape index (κ3) is 4.56. The standard InChI is InChI=1S/C15H24N2O2/c1-5-9-19-13-8-6-7-12(10-13)14(18)17-15(3,4)11(2)16/h6-8,10-11H,5,9,16H2,1-4H3,(H,17,18). The second kappa shape index (κ2) is 6.57. The summed E-state index contributed by atoms with van der Waals surface area (Å²) in [5, 5.41) is 2.94. The van der Waals surface area contributed by atoms with Crippen molar-refractivity contribution < 1.29 is 9.53 Å². The number of amides is 1. The van der Waals surface area contributed by atoms with Crippen LogP contribution >= 0.6 is 0 Å². The number of hydrogen-bond acceptors (Lipinski definition) is 3. The van der Waals surface area contributed by atoms with Crippen LogP contribution in [0.1, 0.15) is 44.5 Å². The van der Waals surface area contributed by atoms with Gasteiger partial charge in [-0.2, -0.15) is 0 Å². The van der Waals surface area contributed by atoms with Crippen LogP contribution in [0.3, 0.4) is 0 Å². The fraction of sp³-hybridized carbons (Fsp3) is 0.533. The van der Waals surface area contributed by atoms with Crippen molar-refractivity contribution in [3.8, 4) is 5.75 Å². The van der Waals surface area contributed by atoms with Gasteiger partial charge in [-0.3, -0.25) is 4.79 Å². The smallest absolute Gasteiger partial charge is 0.251 e. The summed E-state index contributed by atoms with van der Waals surface area (Å²) in [5.41, 5.74) is 5.99. The van der Waals surface area contributed by atoms with Gasteiger partial charge >= 0.3 is 0 Å². The number of benzene rings is 1. The van der Waals surface area contributed by atoms with E-state index in [4.69, 9.17) is 10.5 Å². The highest BCUT2D eigenvalue weighted by molar-refractivity contribution is 5.95. The van der Waals surface area contributed by atoms with Gasteiger partial charge in [-0.15, -0.1) is 0 Å². The van der Waals surface area contributed by atoms with Crippen molar-refractivity contribution in [2.75, 3.05) is 6.61 Å². The molecule has 19 heavy (non-hydrogen) atoms. The average Bonchev–Trinajstić information content (AvgIpc) is 2.36. The summed E-state index contributed by atoms with van der Waals surface area (Å²) in [6, 6.07) is 7.06. The predicted molar refractivity (Wildman–Crippen MR) is 77.4 cm³/mol. The summed E-state index contributed by atoms with van der Waals surface area (Å²) < 4.78 is 5.52. The number of carbonyl (C=O) groups excluding carboxylic acids is 1. The van der Waals surface area contributed by atoms with Crippen molar-refractivity contribution in [3.05, 3.63) is 29.8 Å². The molecule has 0 aliphatic heterocycles. The molecule has 1 rings (SSSR count). The third-order valence-electron chi connectivity index (χ3n) is 3.14. The van der Waals surface area contributed by atoms with E-state index in [-0.39, 0.29) is 11.9 Å². The largest absolute Gasteiger partial charge is 0.494 e. The molecule has 0 radical (unpaired) electrons. The molecule has 0 heterocycles. The third-order valence-corrected chi connectivity index (χ3v) is 3.14. The van der Waals surface area contributed by atoms with Gasteiger partial charge in [0, 0.05) is 17.1 Å². The topological polar surface area (TPSA) is 64.3 Å². The summed E-state index contributed by atoms with van der Waals surface area (Å²) in [4.78, 5) is 12.2. The maximum atomic E-state index is 12.2. The number of nitrogens with one attached hydrogen (secondary N) is 1. The maximum Gasteiger partial charge on any atom is 0.251 e. The predicted octanol–water partition coefficient (Wildman–Crippen LogP) is 2.33. The lowest BCUT2D eigenvalue weighted by molar-refractivity contribution is 0.0903. The van der Waals surface area contributed by atoms with E-state index in [2.05, 4.69) is 5.32 Å². The molecular weight excluding hydrogens is 240 g/mol. The monoisotopic (exact) mass is 264 g/mol. The van der Waals surface area contributed by atoms with Crippen LogP contribution in [-0.2, 0) is 0 Å². The minimum Gasteiger partial charge on any atom is -0.494 e. The summed E-state index contributed by atoms with van der Waals surface area (Å²) >= 11 is 0. The van der Waals surface area contributed by atoms with Crippen molar-refractivity contribution >= 4 is 5.91 Å². The van der Waals surface area contributed by atoms with Crippen molar-refractivity contribution in [2.24, 2.45) is 5.73 Å². The molecule has 0 saturated heterocycles. The fourth-order valence-electron chi connectivity index (χ4n) is 1.43. The number of nitrogens with two attached hydrogens (primary N) is 1. The zero-order chi connectivity index (χ0) is 14.5. The Morgan fingerprint density at radius 3 is 2.74 bits per heavy atom. The highest BCUT2D eigenvalue weighted by Crippen LogP contribution is 2.15. The van der Waals surface area contributed by atoms with Crippen LogP contribution < -0.4 is 15.8 Å². The first-order chi connectivity index (χ1) is 8.86. The minimum atomic E-state index is -0.447. The van der Waals surface area contributed by atoms with Crippen LogP contribution in [0.25, 0.3) is 0 Å². The quantitative estimate of drug-likeness (QED) is 0.829. The maximum absolute atomic E-state index is 12.2. The summed E-state index contributed by atoms with van der Waals surface area (Å²) in [5.74, 6) is 0.581. The second-order valence-electron chi connectivity index (χ2n) is 5.34. The molecule has 0 aliphatic carbocycles. The molecule has 0 spiro atoms. The Morgan fingerprint density at radius 1 is 1.47 bits per heavy atom. The Kier molecular flexibility index (Phi) is 5.36. The lowest BCUT2D eigenvalue weighted by Crippen LogP contribution is -2.54. The Labute approximate surface area is 115 Å². The van der Waals surface area contributed by atoms with E-state index >= 15 is 0 Å². The Hall–Kier alpha value is -1.55. The molecule has 0 fully saturated rings. The van der Waals surface area contributed by atoms with Crippen molar-refractivity contribution in [1.29, 1.82) is 0 Å². The van der Waals surface area contributed by atoms with E-state index in [0.29, 0.717) is 17.9 Å². The molecule has 4 nitrogen and oxygen atoms in total. The lowest BCUT2D eigenvalue weighted by atomic mass is 9.96. The first-order valence-electron chi connectivity index (χ1n) is 6.67. The van der Waals surface area contributed by atoms with Crippen molar-refractivity contribution in [2.45, 2.75) is 45.7 Å². The number of rotatable bonds is 6. The van der Waals surface area contributed by atoms with Gasteiger partial charge < -0.3 is 15.8 Å². The Morgan fingerprint density at radius 2 is 2.16 bits per heavy atom. The van der Waals surface area contributed by atoms with E-state index in [0.717, 1.165) is 6.42 Å².